The topological polar surface area (TPSA) is 49.8 Å². The predicted molar refractivity (Wildman–Crippen MR) is 67.1 cm³/mol. The monoisotopic (exact) mass is 243 g/mol. The van der Waals surface area contributed by atoms with Crippen molar-refractivity contribution in [2.75, 3.05) is 26.3 Å². The Kier molecular flexibility index (Phi) is 5.40. The summed E-state index contributed by atoms with van der Waals surface area (Å²) < 4.78 is 5.42. The molecule has 0 aromatic carbocycles. The molecule has 1 unspecified atom stereocenters. The molecule has 100 valence electrons. The molecule has 0 radical (unpaired) electrons. The number of piperidine rings is 1. The number of hydrogen-bond donors (Lipinski definition) is 1. The van der Waals surface area contributed by atoms with Crippen molar-refractivity contribution >= 4 is 5.97 Å². The molecule has 1 N–H and O–H groups in total. The number of likely N-dealkylation sites (tertiary alicyclic amines) is 1. The first-order valence-electron chi connectivity index (χ1n) is 6.61. The zero-order chi connectivity index (χ0) is 12.9. The van der Waals surface area contributed by atoms with Crippen molar-refractivity contribution in [2.45, 2.75) is 46.1 Å². The number of ether oxygens (including phenoxy) is 1. The summed E-state index contributed by atoms with van der Waals surface area (Å²) >= 11 is 0. The van der Waals surface area contributed by atoms with Gasteiger partial charge in [-0.2, -0.15) is 0 Å². The number of carboxylic acid groups (broad SMARTS) is 1. The molecule has 0 saturated carbocycles. The first-order chi connectivity index (χ1) is 8.05. The van der Waals surface area contributed by atoms with E-state index in [1.54, 1.807) is 0 Å². The smallest absolute Gasteiger partial charge is 0.309 e. The number of rotatable bonds is 6. The van der Waals surface area contributed by atoms with Gasteiger partial charge >= 0.3 is 5.97 Å². The van der Waals surface area contributed by atoms with Crippen LogP contribution in [0.25, 0.3) is 0 Å². The molecular formula is C13H25NO3. The lowest BCUT2D eigenvalue weighted by Crippen LogP contribution is -2.48. The van der Waals surface area contributed by atoms with E-state index in [1.807, 2.05) is 13.8 Å². The number of hydrogen-bond acceptors (Lipinski definition) is 3. The van der Waals surface area contributed by atoms with Crippen LogP contribution in [0.15, 0.2) is 0 Å². The maximum atomic E-state index is 11.3. The fraction of sp³-hybridized carbons (Fsp3) is 0.923. The number of carbonyl (C=O) groups is 1. The van der Waals surface area contributed by atoms with E-state index in [9.17, 15) is 9.90 Å². The van der Waals surface area contributed by atoms with Crippen molar-refractivity contribution < 1.29 is 14.6 Å². The van der Waals surface area contributed by atoms with E-state index in [4.69, 9.17) is 4.74 Å². The third kappa shape index (κ3) is 3.42. The van der Waals surface area contributed by atoms with Crippen molar-refractivity contribution in [3.8, 4) is 0 Å². The van der Waals surface area contributed by atoms with Crippen LogP contribution >= 0.6 is 0 Å². The molecule has 1 rings (SSSR count). The van der Waals surface area contributed by atoms with Crippen molar-refractivity contribution in [3.63, 3.8) is 0 Å². The second-order valence-electron chi connectivity index (χ2n) is 4.98. The van der Waals surface area contributed by atoms with Crippen molar-refractivity contribution in [2.24, 2.45) is 5.41 Å². The van der Waals surface area contributed by atoms with E-state index < -0.39 is 11.4 Å². The first kappa shape index (κ1) is 14.5. The SMILES string of the molecule is CCOCC(C)N1CCC(CC)(C(=O)O)CC1. The molecule has 0 spiro atoms. The summed E-state index contributed by atoms with van der Waals surface area (Å²) in [7, 11) is 0. The molecular weight excluding hydrogens is 218 g/mol. The van der Waals surface area contributed by atoms with Gasteiger partial charge in [-0.05, 0) is 46.2 Å². The van der Waals surface area contributed by atoms with Gasteiger partial charge in [0.05, 0.1) is 12.0 Å². The first-order valence-corrected chi connectivity index (χ1v) is 6.61. The Labute approximate surface area is 104 Å². The highest BCUT2D eigenvalue weighted by atomic mass is 16.5. The zero-order valence-electron chi connectivity index (χ0n) is 11.2. The fourth-order valence-corrected chi connectivity index (χ4v) is 2.51. The molecule has 1 fully saturated rings. The minimum absolute atomic E-state index is 0.388. The van der Waals surface area contributed by atoms with Gasteiger partial charge in [-0.15, -0.1) is 0 Å². The lowest BCUT2D eigenvalue weighted by atomic mass is 9.76. The molecule has 1 heterocycles. The third-order valence-electron chi connectivity index (χ3n) is 4.07. The number of aliphatic carboxylic acids is 1. The van der Waals surface area contributed by atoms with Gasteiger partial charge in [0.25, 0.3) is 0 Å². The van der Waals surface area contributed by atoms with Gasteiger partial charge in [0.2, 0.25) is 0 Å². The quantitative estimate of drug-likeness (QED) is 0.775. The summed E-state index contributed by atoms with van der Waals surface area (Å²) in [4.78, 5) is 13.7. The molecule has 0 aromatic rings. The third-order valence-corrected chi connectivity index (χ3v) is 4.07. The number of nitrogens with zero attached hydrogens (tertiary/aromatic N) is 1. The van der Waals surface area contributed by atoms with Gasteiger partial charge in [0, 0.05) is 12.6 Å². The highest BCUT2D eigenvalue weighted by Crippen LogP contribution is 2.35. The van der Waals surface area contributed by atoms with Crippen LogP contribution < -0.4 is 0 Å². The van der Waals surface area contributed by atoms with Gasteiger partial charge in [-0.1, -0.05) is 6.92 Å². The van der Waals surface area contributed by atoms with Crippen molar-refractivity contribution in [1.29, 1.82) is 0 Å². The lowest BCUT2D eigenvalue weighted by Gasteiger charge is -2.40. The van der Waals surface area contributed by atoms with E-state index in [0.717, 1.165) is 45.6 Å². The normalized spacial score (nSPS) is 22.3. The Morgan fingerprint density at radius 3 is 2.41 bits per heavy atom. The summed E-state index contributed by atoms with van der Waals surface area (Å²) in [5.41, 5.74) is -0.484. The van der Waals surface area contributed by atoms with Crippen LogP contribution in [0.5, 0.6) is 0 Å². The van der Waals surface area contributed by atoms with Crippen LogP contribution in [0.2, 0.25) is 0 Å². The van der Waals surface area contributed by atoms with Crippen molar-refractivity contribution in [1.82, 2.24) is 4.90 Å². The maximum Gasteiger partial charge on any atom is 0.309 e. The maximum absolute atomic E-state index is 11.3. The van der Waals surface area contributed by atoms with Gasteiger partial charge in [0.15, 0.2) is 0 Å². The van der Waals surface area contributed by atoms with E-state index in [1.165, 1.54) is 0 Å². The van der Waals surface area contributed by atoms with Crippen LogP contribution in [0.1, 0.15) is 40.0 Å². The summed E-state index contributed by atoms with van der Waals surface area (Å²) in [6.07, 6.45) is 2.25. The Hall–Kier alpha value is -0.610. The number of carboxylic acids is 1. The Morgan fingerprint density at radius 1 is 1.41 bits per heavy atom. The summed E-state index contributed by atoms with van der Waals surface area (Å²) in [5, 5.41) is 9.31. The molecule has 0 aromatic heterocycles. The predicted octanol–water partition coefficient (Wildman–Crippen LogP) is 1.99. The van der Waals surface area contributed by atoms with Crippen LogP contribution in [0, 0.1) is 5.41 Å². The average Bonchev–Trinajstić information content (AvgIpc) is 2.35. The Morgan fingerprint density at radius 2 is 2.00 bits per heavy atom. The fourth-order valence-electron chi connectivity index (χ4n) is 2.51. The lowest BCUT2D eigenvalue weighted by molar-refractivity contribution is -0.152. The molecule has 1 aliphatic rings. The van der Waals surface area contributed by atoms with Gasteiger partial charge < -0.3 is 9.84 Å². The molecule has 0 bridgehead atoms. The zero-order valence-corrected chi connectivity index (χ0v) is 11.2. The molecule has 0 amide bonds. The van der Waals surface area contributed by atoms with Crippen molar-refractivity contribution in [3.05, 3.63) is 0 Å². The Balaban J connectivity index is 2.46. The minimum Gasteiger partial charge on any atom is -0.481 e. The molecule has 0 aliphatic carbocycles. The molecule has 1 atom stereocenters. The van der Waals surface area contributed by atoms with Crippen LogP contribution in [-0.2, 0) is 9.53 Å². The summed E-state index contributed by atoms with van der Waals surface area (Å²) in [6, 6.07) is 0.388. The van der Waals surface area contributed by atoms with E-state index in [-0.39, 0.29) is 0 Å². The van der Waals surface area contributed by atoms with Crippen LogP contribution in [-0.4, -0.2) is 48.3 Å². The molecule has 1 saturated heterocycles. The molecule has 1 aliphatic heterocycles. The molecule has 17 heavy (non-hydrogen) atoms. The highest BCUT2D eigenvalue weighted by molar-refractivity contribution is 5.74. The highest BCUT2D eigenvalue weighted by Gasteiger charge is 2.40. The molecule has 4 nitrogen and oxygen atoms in total. The van der Waals surface area contributed by atoms with Crippen LogP contribution in [0.4, 0.5) is 0 Å². The van der Waals surface area contributed by atoms with Gasteiger partial charge in [-0.3, -0.25) is 9.69 Å². The van der Waals surface area contributed by atoms with Crippen LogP contribution in [0.3, 0.4) is 0 Å². The summed E-state index contributed by atoms with van der Waals surface area (Å²) in [6.45, 7) is 9.34. The van der Waals surface area contributed by atoms with Gasteiger partial charge in [-0.25, -0.2) is 0 Å². The standard InChI is InChI=1S/C13H25NO3/c1-4-13(12(15)16)6-8-14(9-7-13)11(3)10-17-5-2/h11H,4-10H2,1-3H3,(H,15,16). The average molecular weight is 243 g/mol. The summed E-state index contributed by atoms with van der Waals surface area (Å²) in [5.74, 6) is -0.628. The molecule has 4 heteroatoms. The van der Waals surface area contributed by atoms with Gasteiger partial charge in [0.1, 0.15) is 0 Å². The Bertz CT molecular complexity index is 247. The van der Waals surface area contributed by atoms with E-state index >= 15 is 0 Å². The minimum atomic E-state index is -0.628. The second-order valence-corrected chi connectivity index (χ2v) is 4.98. The van der Waals surface area contributed by atoms with E-state index in [2.05, 4.69) is 11.8 Å². The largest absolute Gasteiger partial charge is 0.481 e. The van der Waals surface area contributed by atoms with E-state index in [0.29, 0.717) is 6.04 Å². The second kappa shape index (κ2) is 6.36.